The zero-order chi connectivity index (χ0) is 15.0. The minimum atomic E-state index is -0.755. The topological polar surface area (TPSA) is 50.4 Å². The van der Waals surface area contributed by atoms with Crippen LogP contribution < -0.4 is 10.6 Å². The van der Waals surface area contributed by atoms with E-state index in [0.717, 1.165) is 6.54 Å². The van der Waals surface area contributed by atoms with Crippen LogP contribution in [0.2, 0.25) is 0 Å². The fraction of sp³-hybridized carbons (Fsp3) is 0.533. The smallest absolute Gasteiger partial charge is 0.230 e. The van der Waals surface area contributed by atoms with Crippen LogP contribution in [0.25, 0.3) is 0 Å². The number of ether oxygens (including phenoxy) is 1. The van der Waals surface area contributed by atoms with Crippen LogP contribution >= 0.6 is 12.4 Å². The lowest BCUT2D eigenvalue weighted by atomic mass is 9.83. The molecule has 0 aliphatic heterocycles. The Morgan fingerprint density at radius 3 is 2.62 bits per heavy atom. The van der Waals surface area contributed by atoms with Gasteiger partial charge in [-0.25, -0.2) is 4.39 Å². The molecule has 0 unspecified atom stereocenters. The van der Waals surface area contributed by atoms with E-state index in [4.69, 9.17) is 4.74 Å². The Morgan fingerprint density at radius 2 is 2.00 bits per heavy atom. The SMILES string of the molecule is COCCNCCNC(=O)C(C)(C)c1cccc(F)c1.Cl. The maximum absolute atomic E-state index is 13.2. The van der Waals surface area contributed by atoms with E-state index in [9.17, 15) is 9.18 Å². The van der Waals surface area contributed by atoms with Crippen molar-refractivity contribution >= 4 is 18.3 Å². The molecule has 0 atom stereocenters. The highest BCUT2D eigenvalue weighted by Gasteiger charge is 2.29. The molecule has 1 aromatic carbocycles. The van der Waals surface area contributed by atoms with Crippen LogP contribution in [0.1, 0.15) is 19.4 Å². The molecule has 0 saturated carbocycles. The average Bonchev–Trinajstić information content (AvgIpc) is 2.42. The second-order valence-corrected chi connectivity index (χ2v) is 5.13. The lowest BCUT2D eigenvalue weighted by Crippen LogP contribution is -2.43. The second-order valence-electron chi connectivity index (χ2n) is 5.13. The van der Waals surface area contributed by atoms with Crippen LogP contribution in [0.3, 0.4) is 0 Å². The van der Waals surface area contributed by atoms with Gasteiger partial charge in [-0.2, -0.15) is 0 Å². The molecule has 0 fully saturated rings. The van der Waals surface area contributed by atoms with E-state index in [1.54, 1.807) is 33.1 Å². The maximum atomic E-state index is 13.2. The van der Waals surface area contributed by atoms with Crippen molar-refractivity contribution in [2.45, 2.75) is 19.3 Å². The molecule has 0 saturated heterocycles. The maximum Gasteiger partial charge on any atom is 0.230 e. The highest BCUT2D eigenvalue weighted by molar-refractivity contribution is 5.87. The zero-order valence-corrected chi connectivity index (χ0v) is 13.6. The van der Waals surface area contributed by atoms with E-state index in [1.165, 1.54) is 12.1 Å². The molecular weight excluding hydrogens is 295 g/mol. The summed E-state index contributed by atoms with van der Waals surface area (Å²) in [6.07, 6.45) is 0. The molecule has 0 bridgehead atoms. The number of amides is 1. The van der Waals surface area contributed by atoms with Gasteiger partial charge in [-0.15, -0.1) is 12.4 Å². The minimum absolute atomic E-state index is 0. The molecule has 0 heterocycles. The van der Waals surface area contributed by atoms with Gasteiger partial charge in [-0.3, -0.25) is 4.79 Å². The summed E-state index contributed by atoms with van der Waals surface area (Å²) in [6, 6.07) is 6.15. The van der Waals surface area contributed by atoms with Gasteiger partial charge in [0.1, 0.15) is 5.82 Å². The number of nitrogens with one attached hydrogen (secondary N) is 2. The van der Waals surface area contributed by atoms with Gasteiger partial charge in [0.05, 0.1) is 12.0 Å². The summed E-state index contributed by atoms with van der Waals surface area (Å²) in [7, 11) is 1.64. The predicted molar refractivity (Wildman–Crippen MR) is 84.4 cm³/mol. The molecule has 0 aliphatic rings. The first-order valence-electron chi connectivity index (χ1n) is 6.72. The molecule has 21 heavy (non-hydrogen) atoms. The fourth-order valence-electron chi connectivity index (χ4n) is 1.79. The Kier molecular flexibility index (Phi) is 9.17. The number of methoxy groups -OCH3 is 1. The molecule has 0 spiro atoms. The molecule has 0 radical (unpaired) electrons. The zero-order valence-electron chi connectivity index (χ0n) is 12.7. The Hall–Kier alpha value is -1.17. The summed E-state index contributed by atoms with van der Waals surface area (Å²) in [5.41, 5.74) is -0.0865. The largest absolute Gasteiger partial charge is 0.383 e. The van der Waals surface area contributed by atoms with Gasteiger partial charge in [0.15, 0.2) is 0 Å². The highest BCUT2D eigenvalue weighted by Crippen LogP contribution is 2.23. The molecule has 1 rings (SSSR count). The fourth-order valence-corrected chi connectivity index (χ4v) is 1.79. The van der Waals surface area contributed by atoms with Crippen molar-refractivity contribution in [1.82, 2.24) is 10.6 Å². The quantitative estimate of drug-likeness (QED) is 0.720. The summed E-state index contributed by atoms with van der Waals surface area (Å²) in [5.74, 6) is -0.443. The molecular formula is C15H24ClFN2O2. The number of hydrogen-bond acceptors (Lipinski definition) is 3. The van der Waals surface area contributed by atoms with Crippen LogP contribution in [-0.4, -0.2) is 39.3 Å². The summed E-state index contributed by atoms with van der Waals surface area (Å²) in [5, 5.41) is 6.00. The van der Waals surface area contributed by atoms with Crippen LogP contribution in [-0.2, 0) is 14.9 Å². The van der Waals surface area contributed by atoms with E-state index in [-0.39, 0.29) is 24.1 Å². The van der Waals surface area contributed by atoms with Crippen molar-refractivity contribution in [1.29, 1.82) is 0 Å². The van der Waals surface area contributed by atoms with Crippen molar-refractivity contribution < 1.29 is 13.9 Å². The van der Waals surface area contributed by atoms with Gasteiger partial charge in [0, 0.05) is 26.7 Å². The van der Waals surface area contributed by atoms with Gasteiger partial charge in [0.25, 0.3) is 0 Å². The Bertz CT molecular complexity index is 441. The van der Waals surface area contributed by atoms with Crippen molar-refractivity contribution in [2.24, 2.45) is 0 Å². The van der Waals surface area contributed by atoms with Crippen LogP contribution in [0.5, 0.6) is 0 Å². The summed E-state index contributed by atoms with van der Waals surface area (Å²) in [6.45, 7) is 6.17. The number of benzene rings is 1. The third-order valence-corrected chi connectivity index (χ3v) is 3.18. The molecule has 1 aromatic rings. The number of rotatable bonds is 8. The number of halogens is 2. The van der Waals surface area contributed by atoms with E-state index >= 15 is 0 Å². The van der Waals surface area contributed by atoms with Gasteiger partial charge in [-0.1, -0.05) is 12.1 Å². The van der Waals surface area contributed by atoms with E-state index in [1.807, 2.05) is 0 Å². The first kappa shape index (κ1) is 19.8. The lowest BCUT2D eigenvalue weighted by Gasteiger charge is -2.24. The van der Waals surface area contributed by atoms with Crippen molar-refractivity contribution in [3.05, 3.63) is 35.6 Å². The Labute approximate surface area is 131 Å². The van der Waals surface area contributed by atoms with Crippen LogP contribution in [0.15, 0.2) is 24.3 Å². The Balaban J connectivity index is 0.00000400. The third kappa shape index (κ3) is 6.42. The molecule has 6 heteroatoms. The summed E-state index contributed by atoms with van der Waals surface area (Å²) < 4.78 is 18.1. The molecule has 0 aliphatic carbocycles. The number of carbonyl (C=O) groups is 1. The van der Waals surface area contributed by atoms with Crippen molar-refractivity contribution in [3.63, 3.8) is 0 Å². The van der Waals surface area contributed by atoms with Gasteiger partial charge < -0.3 is 15.4 Å². The number of hydrogen-bond donors (Lipinski definition) is 2. The molecule has 0 aromatic heterocycles. The van der Waals surface area contributed by atoms with Crippen molar-refractivity contribution in [2.75, 3.05) is 33.4 Å². The highest BCUT2D eigenvalue weighted by atomic mass is 35.5. The number of carbonyl (C=O) groups excluding carboxylic acids is 1. The first-order chi connectivity index (χ1) is 9.48. The Morgan fingerprint density at radius 1 is 1.29 bits per heavy atom. The van der Waals surface area contributed by atoms with E-state index < -0.39 is 5.41 Å². The minimum Gasteiger partial charge on any atom is -0.383 e. The van der Waals surface area contributed by atoms with E-state index in [0.29, 0.717) is 25.3 Å². The lowest BCUT2D eigenvalue weighted by molar-refractivity contribution is -0.125. The van der Waals surface area contributed by atoms with E-state index in [2.05, 4.69) is 10.6 Å². The molecule has 1 amide bonds. The summed E-state index contributed by atoms with van der Waals surface area (Å²) in [4.78, 5) is 12.2. The first-order valence-corrected chi connectivity index (χ1v) is 6.72. The van der Waals surface area contributed by atoms with Gasteiger partial charge >= 0.3 is 0 Å². The van der Waals surface area contributed by atoms with Crippen molar-refractivity contribution in [3.8, 4) is 0 Å². The van der Waals surface area contributed by atoms with Crippen LogP contribution in [0, 0.1) is 5.82 Å². The average molecular weight is 319 g/mol. The molecule has 120 valence electrons. The summed E-state index contributed by atoms with van der Waals surface area (Å²) >= 11 is 0. The standard InChI is InChI=1S/C15H23FN2O2.ClH/c1-15(2,12-5-4-6-13(16)11-12)14(19)18-8-7-17-9-10-20-3;/h4-6,11,17H,7-10H2,1-3H3,(H,18,19);1H. The van der Waals surface area contributed by atoms with Gasteiger partial charge in [-0.05, 0) is 31.5 Å². The molecule has 4 nitrogen and oxygen atoms in total. The monoisotopic (exact) mass is 318 g/mol. The molecule has 2 N–H and O–H groups in total. The third-order valence-electron chi connectivity index (χ3n) is 3.18. The second kappa shape index (κ2) is 9.71. The van der Waals surface area contributed by atoms with Crippen LogP contribution in [0.4, 0.5) is 4.39 Å². The predicted octanol–water partition coefficient (Wildman–Crippen LogP) is 1.88. The van der Waals surface area contributed by atoms with Gasteiger partial charge in [0.2, 0.25) is 5.91 Å². The normalized spacial score (nSPS) is 10.9.